The molecule has 0 atom stereocenters. The number of hydrogen-bond acceptors (Lipinski definition) is 4. The van der Waals surface area contributed by atoms with Crippen LogP contribution in [0.5, 0.6) is 11.5 Å². The van der Waals surface area contributed by atoms with Gasteiger partial charge in [0.2, 0.25) is 0 Å². The first kappa shape index (κ1) is 19.5. The molecule has 1 aromatic carbocycles. The van der Waals surface area contributed by atoms with Crippen LogP contribution in [0.1, 0.15) is 41.8 Å². The number of rotatable bonds is 6. The fourth-order valence-electron chi connectivity index (χ4n) is 2.89. The number of benzene rings is 1. The molecule has 5 nitrogen and oxygen atoms in total. The Morgan fingerprint density at radius 2 is 1.77 bits per heavy atom. The van der Waals surface area contributed by atoms with Gasteiger partial charge in [0.05, 0.1) is 12.2 Å². The molecule has 2 rings (SSSR count). The van der Waals surface area contributed by atoms with Crippen LogP contribution in [0.4, 0.5) is 0 Å². The summed E-state index contributed by atoms with van der Waals surface area (Å²) in [5.41, 5.74) is 3.79. The predicted molar refractivity (Wildman–Crippen MR) is 103 cm³/mol. The smallest absolute Gasteiger partial charge is 0.330 e. The number of pyridine rings is 1. The molecule has 5 heteroatoms. The molecular formula is C21H25NO4. The molecule has 0 fully saturated rings. The maximum atomic E-state index is 12.5. The van der Waals surface area contributed by atoms with Crippen molar-refractivity contribution in [2.75, 3.05) is 6.61 Å². The van der Waals surface area contributed by atoms with E-state index in [1.165, 1.54) is 12.2 Å². The lowest BCUT2D eigenvalue weighted by Gasteiger charge is -2.16. The molecule has 138 valence electrons. The number of esters is 1. The quantitative estimate of drug-likeness (QED) is 0.622. The van der Waals surface area contributed by atoms with Crippen molar-refractivity contribution in [3.63, 3.8) is 0 Å². The van der Waals surface area contributed by atoms with Crippen LogP contribution < -0.4 is 10.3 Å². The Balaban J connectivity index is 2.57. The highest BCUT2D eigenvalue weighted by molar-refractivity contribution is 5.87. The number of aromatic amines is 1. The number of aryl methyl sites for hydroxylation is 3. The number of aromatic nitrogens is 1. The van der Waals surface area contributed by atoms with Crippen molar-refractivity contribution in [3.8, 4) is 11.5 Å². The second-order valence-corrected chi connectivity index (χ2v) is 6.16. The first-order valence-corrected chi connectivity index (χ1v) is 8.72. The minimum Gasteiger partial charge on any atom is -0.463 e. The summed E-state index contributed by atoms with van der Waals surface area (Å²) in [6.07, 6.45) is 3.38. The van der Waals surface area contributed by atoms with E-state index in [0.717, 1.165) is 22.4 Å². The fraction of sp³-hybridized carbons (Fsp3) is 0.333. The molecule has 1 aromatic heterocycles. The summed E-state index contributed by atoms with van der Waals surface area (Å²) in [7, 11) is 0. The molecular weight excluding hydrogens is 330 g/mol. The summed E-state index contributed by atoms with van der Waals surface area (Å²) in [6, 6.07) is 5.89. The second kappa shape index (κ2) is 8.52. The van der Waals surface area contributed by atoms with Gasteiger partial charge in [-0.25, -0.2) is 4.79 Å². The largest absolute Gasteiger partial charge is 0.463 e. The Labute approximate surface area is 153 Å². The van der Waals surface area contributed by atoms with Crippen LogP contribution in [0.25, 0.3) is 6.08 Å². The monoisotopic (exact) mass is 355 g/mol. The van der Waals surface area contributed by atoms with Crippen molar-refractivity contribution < 1.29 is 14.3 Å². The highest BCUT2D eigenvalue weighted by Crippen LogP contribution is 2.31. The topological polar surface area (TPSA) is 68.4 Å². The van der Waals surface area contributed by atoms with Crippen molar-refractivity contribution in [2.24, 2.45) is 0 Å². The summed E-state index contributed by atoms with van der Waals surface area (Å²) in [6.45, 7) is 9.82. The minimum atomic E-state index is -0.497. The van der Waals surface area contributed by atoms with Crippen LogP contribution in [0, 0.1) is 20.8 Å². The third-order valence-electron chi connectivity index (χ3n) is 3.96. The standard InChI is InChI=1S/C21H25NO4/c1-6-17-15(5)22-21(24)18(8-9-19(23)25-7-2)20(17)26-16-11-13(3)10-14(4)12-16/h8-12H,6-7H2,1-5H3,(H,22,24)/b9-8+. The average Bonchev–Trinajstić information content (AvgIpc) is 2.53. The van der Waals surface area contributed by atoms with E-state index in [2.05, 4.69) is 11.1 Å². The van der Waals surface area contributed by atoms with Crippen molar-refractivity contribution in [1.29, 1.82) is 0 Å². The van der Waals surface area contributed by atoms with Crippen LogP contribution in [-0.2, 0) is 16.0 Å². The highest BCUT2D eigenvalue weighted by atomic mass is 16.5. The molecule has 0 unspecified atom stereocenters. The highest BCUT2D eigenvalue weighted by Gasteiger charge is 2.16. The number of hydrogen-bond donors (Lipinski definition) is 1. The number of H-pyrrole nitrogens is 1. The van der Waals surface area contributed by atoms with Crippen LogP contribution in [0.2, 0.25) is 0 Å². The molecule has 0 saturated carbocycles. The van der Waals surface area contributed by atoms with Gasteiger partial charge < -0.3 is 14.5 Å². The number of carbonyl (C=O) groups is 1. The van der Waals surface area contributed by atoms with Gasteiger partial charge in [-0.05, 0) is 63.5 Å². The first-order chi connectivity index (χ1) is 12.3. The summed E-state index contributed by atoms with van der Waals surface area (Å²) >= 11 is 0. The zero-order chi connectivity index (χ0) is 19.3. The molecule has 0 spiro atoms. The molecule has 1 heterocycles. The molecule has 0 amide bonds. The van der Waals surface area contributed by atoms with E-state index in [4.69, 9.17) is 9.47 Å². The van der Waals surface area contributed by atoms with E-state index in [1.54, 1.807) is 6.92 Å². The van der Waals surface area contributed by atoms with Gasteiger partial charge in [0.1, 0.15) is 11.5 Å². The SMILES string of the molecule is CCOC(=O)/C=C/c1c(Oc2cc(C)cc(C)c2)c(CC)c(C)[nH]c1=O. The van der Waals surface area contributed by atoms with Gasteiger partial charge in [0, 0.05) is 17.3 Å². The fourth-order valence-corrected chi connectivity index (χ4v) is 2.89. The van der Waals surface area contributed by atoms with Crippen LogP contribution >= 0.6 is 0 Å². The summed E-state index contributed by atoms with van der Waals surface area (Å²) in [5, 5.41) is 0. The molecule has 0 aliphatic heterocycles. The van der Waals surface area contributed by atoms with Crippen molar-refractivity contribution >= 4 is 12.0 Å². The van der Waals surface area contributed by atoms with Gasteiger partial charge in [-0.1, -0.05) is 13.0 Å². The van der Waals surface area contributed by atoms with Crippen LogP contribution in [-0.4, -0.2) is 17.6 Å². The average molecular weight is 355 g/mol. The zero-order valence-corrected chi connectivity index (χ0v) is 15.9. The minimum absolute atomic E-state index is 0.277. The maximum absolute atomic E-state index is 12.5. The van der Waals surface area contributed by atoms with E-state index in [9.17, 15) is 9.59 Å². The van der Waals surface area contributed by atoms with Gasteiger partial charge in [-0.15, -0.1) is 0 Å². The summed E-state index contributed by atoms with van der Waals surface area (Å²) in [5.74, 6) is 0.634. The Morgan fingerprint density at radius 3 is 2.35 bits per heavy atom. The van der Waals surface area contributed by atoms with Crippen LogP contribution in [0.15, 0.2) is 29.1 Å². The lowest BCUT2D eigenvalue weighted by Crippen LogP contribution is -2.15. The molecule has 1 N–H and O–H groups in total. The summed E-state index contributed by atoms with van der Waals surface area (Å²) in [4.78, 5) is 27.0. The normalized spacial score (nSPS) is 11.0. The van der Waals surface area contributed by atoms with E-state index < -0.39 is 5.97 Å². The summed E-state index contributed by atoms with van der Waals surface area (Å²) < 4.78 is 11.0. The Morgan fingerprint density at radius 1 is 1.12 bits per heavy atom. The van der Waals surface area contributed by atoms with Crippen LogP contribution in [0.3, 0.4) is 0 Å². The Bertz CT molecular complexity index is 873. The van der Waals surface area contributed by atoms with E-state index in [0.29, 0.717) is 23.5 Å². The van der Waals surface area contributed by atoms with Crippen molar-refractivity contribution in [3.05, 3.63) is 62.6 Å². The molecule has 0 aliphatic carbocycles. The Kier molecular flexibility index (Phi) is 6.39. The lowest BCUT2D eigenvalue weighted by atomic mass is 10.1. The molecule has 0 saturated heterocycles. The number of carbonyl (C=O) groups excluding carboxylic acids is 1. The Hall–Kier alpha value is -2.82. The second-order valence-electron chi connectivity index (χ2n) is 6.16. The third-order valence-corrected chi connectivity index (χ3v) is 3.96. The van der Waals surface area contributed by atoms with Crippen molar-refractivity contribution in [2.45, 2.75) is 41.0 Å². The van der Waals surface area contributed by atoms with E-state index in [1.807, 2.05) is 39.8 Å². The van der Waals surface area contributed by atoms with Crippen molar-refractivity contribution in [1.82, 2.24) is 4.98 Å². The molecule has 2 aromatic rings. The zero-order valence-electron chi connectivity index (χ0n) is 15.9. The van der Waals surface area contributed by atoms with E-state index >= 15 is 0 Å². The predicted octanol–water partition coefficient (Wildman–Crippen LogP) is 4.23. The van der Waals surface area contributed by atoms with Gasteiger partial charge in [-0.3, -0.25) is 4.79 Å². The number of nitrogens with one attached hydrogen (secondary N) is 1. The van der Waals surface area contributed by atoms with Gasteiger partial charge in [0.15, 0.2) is 0 Å². The molecule has 26 heavy (non-hydrogen) atoms. The molecule has 0 bridgehead atoms. The lowest BCUT2D eigenvalue weighted by molar-refractivity contribution is -0.137. The van der Waals surface area contributed by atoms with Gasteiger partial charge >= 0.3 is 5.97 Å². The third kappa shape index (κ3) is 4.63. The molecule has 0 aliphatic rings. The maximum Gasteiger partial charge on any atom is 0.330 e. The first-order valence-electron chi connectivity index (χ1n) is 8.72. The number of ether oxygens (including phenoxy) is 2. The van der Waals surface area contributed by atoms with Gasteiger partial charge in [0.25, 0.3) is 5.56 Å². The van der Waals surface area contributed by atoms with Gasteiger partial charge in [-0.2, -0.15) is 0 Å². The molecule has 0 radical (unpaired) electrons. The van der Waals surface area contributed by atoms with E-state index in [-0.39, 0.29) is 12.2 Å².